The van der Waals surface area contributed by atoms with E-state index >= 15 is 0 Å². The molecule has 1 rings (SSSR count). The van der Waals surface area contributed by atoms with Crippen LogP contribution in [0, 0.1) is 0 Å². The molecule has 8 heteroatoms. The smallest absolute Gasteiger partial charge is 0.282 e. The normalized spacial score (nSPS) is 25.5. The van der Waals surface area contributed by atoms with Gasteiger partial charge in [0.15, 0.2) is 0 Å². The van der Waals surface area contributed by atoms with Gasteiger partial charge in [0.25, 0.3) is 10.2 Å². The lowest BCUT2D eigenvalue weighted by molar-refractivity contribution is -0.120. The summed E-state index contributed by atoms with van der Waals surface area (Å²) in [6.07, 6.45) is -0.283. The van der Waals surface area contributed by atoms with Crippen LogP contribution in [0.15, 0.2) is 0 Å². The Bertz CT molecular complexity index is 402. The lowest BCUT2D eigenvalue weighted by Crippen LogP contribution is -2.54. The Morgan fingerprint density at radius 1 is 1.37 bits per heavy atom. The van der Waals surface area contributed by atoms with Crippen molar-refractivity contribution in [3.63, 3.8) is 0 Å². The molecule has 0 aliphatic carbocycles. The van der Waals surface area contributed by atoms with Crippen molar-refractivity contribution < 1.29 is 17.9 Å². The largest absolute Gasteiger partial charge is 0.373 e. The molecule has 1 fully saturated rings. The van der Waals surface area contributed by atoms with Crippen LogP contribution in [0.4, 0.5) is 0 Å². The van der Waals surface area contributed by atoms with Gasteiger partial charge in [0.05, 0.1) is 18.8 Å². The number of hydrogen-bond acceptors (Lipinski definition) is 4. The Hall–Kier alpha value is -0.700. The van der Waals surface area contributed by atoms with Gasteiger partial charge in [-0.1, -0.05) is 6.92 Å². The third kappa shape index (κ3) is 4.13. The van der Waals surface area contributed by atoms with Crippen molar-refractivity contribution in [2.45, 2.75) is 33.0 Å². The lowest BCUT2D eigenvalue weighted by Gasteiger charge is -2.36. The van der Waals surface area contributed by atoms with E-state index in [4.69, 9.17) is 4.74 Å². The van der Waals surface area contributed by atoms with Gasteiger partial charge in [-0.2, -0.15) is 17.0 Å². The van der Waals surface area contributed by atoms with Crippen molar-refractivity contribution >= 4 is 16.1 Å². The molecule has 1 amide bonds. The molecule has 112 valence electrons. The summed E-state index contributed by atoms with van der Waals surface area (Å²) >= 11 is 0. The highest BCUT2D eigenvalue weighted by atomic mass is 32.2. The van der Waals surface area contributed by atoms with E-state index < -0.39 is 10.2 Å². The summed E-state index contributed by atoms with van der Waals surface area (Å²) in [5.74, 6) is -0.320. The fourth-order valence-corrected chi connectivity index (χ4v) is 3.81. The van der Waals surface area contributed by atoms with E-state index in [1.165, 1.54) is 15.7 Å². The zero-order valence-corrected chi connectivity index (χ0v) is 12.7. The second kappa shape index (κ2) is 6.65. The molecule has 0 aromatic carbocycles. The van der Waals surface area contributed by atoms with Crippen LogP contribution in [0.3, 0.4) is 0 Å². The van der Waals surface area contributed by atoms with Crippen LogP contribution in [0.25, 0.3) is 0 Å². The number of hydrogen-bond donors (Lipinski definition) is 1. The Labute approximate surface area is 115 Å². The lowest BCUT2D eigenvalue weighted by atomic mass is 10.3. The maximum absolute atomic E-state index is 12.5. The van der Waals surface area contributed by atoms with Crippen molar-refractivity contribution in [3.05, 3.63) is 0 Å². The van der Waals surface area contributed by atoms with Gasteiger partial charge in [-0.15, -0.1) is 0 Å². The Balaban J connectivity index is 2.84. The summed E-state index contributed by atoms with van der Waals surface area (Å²) in [5, 5.41) is 2.43. The van der Waals surface area contributed by atoms with Crippen LogP contribution >= 0.6 is 0 Å². The predicted molar refractivity (Wildman–Crippen MR) is 71.8 cm³/mol. The van der Waals surface area contributed by atoms with Crippen LogP contribution in [0.5, 0.6) is 0 Å². The Morgan fingerprint density at radius 3 is 2.32 bits per heavy atom. The fourth-order valence-electron chi connectivity index (χ4n) is 2.08. The van der Waals surface area contributed by atoms with Gasteiger partial charge in [-0.25, -0.2) is 0 Å². The van der Waals surface area contributed by atoms with Crippen LogP contribution < -0.4 is 5.32 Å². The fraction of sp³-hybridized carbons (Fsp3) is 0.909. The predicted octanol–water partition coefficient (Wildman–Crippen LogP) is -0.592. The average molecular weight is 293 g/mol. The van der Waals surface area contributed by atoms with Crippen LogP contribution in [0.2, 0.25) is 0 Å². The molecule has 0 aromatic rings. The molecule has 7 nitrogen and oxygen atoms in total. The number of nitrogens with one attached hydrogen (secondary N) is 1. The highest BCUT2D eigenvalue weighted by molar-refractivity contribution is 7.86. The van der Waals surface area contributed by atoms with Gasteiger partial charge in [-0.05, 0) is 13.8 Å². The first-order valence-corrected chi connectivity index (χ1v) is 7.82. The summed E-state index contributed by atoms with van der Waals surface area (Å²) in [4.78, 5) is 11.4. The van der Waals surface area contributed by atoms with Crippen LogP contribution in [-0.4, -0.2) is 68.4 Å². The van der Waals surface area contributed by atoms with Crippen molar-refractivity contribution in [1.82, 2.24) is 13.9 Å². The van der Waals surface area contributed by atoms with E-state index in [9.17, 15) is 13.2 Å². The van der Waals surface area contributed by atoms with E-state index in [1.807, 2.05) is 13.8 Å². The molecular formula is C11H23N3O4S. The first-order chi connectivity index (χ1) is 8.81. The third-order valence-electron chi connectivity index (χ3n) is 2.99. The summed E-state index contributed by atoms with van der Waals surface area (Å²) in [6.45, 7) is 6.13. The molecule has 2 atom stereocenters. The summed E-state index contributed by atoms with van der Waals surface area (Å²) in [7, 11) is -2.13. The van der Waals surface area contributed by atoms with Gasteiger partial charge in [-0.3, -0.25) is 4.79 Å². The van der Waals surface area contributed by atoms with Crippen molar-refractivity contribution in [3.8, 4) is 0 Å². The molecule has 0 radical (unpaired) electrons. The maximum Gasteiger partial charge on any atom is 0.282 e. The topological polar surface area (TPSA) is 79.0 Å². The minimum atomic E-state index is -3.62. The second-order valence-electron chi connectivity index (χ2n) is 4.68. The van der Waals surface area contributed by atoms with E-state index in [0.717, 1.165) is 0 Å². The minimum Gasteiger partial charge on any atom is -0.373 e. The van der Waals surface area contributed by atoms with Crippen LogP contribution in [0.1, 0.15) is 20.8 Å². The molecule has 0 spiro atoms. The second-order valence-corrected chi connectivity index (χ2v) is 6.61. The number of carbonyl (C=O) groups excluding carboxylic acids is 1. The highest BCUT2D eigenvalue weighted by Gasteiger charge is 2.35. The van der Waals surface area contributed by atoms with Crippen molar-refractivity contribution in [2.24, 2.45) is 0 Å². The number of carbonyl (C=O) groups is 1. The van der Waals surface area contributed by atoms with E-state index in [1.54, 1.807) is 6.92 Å². The SMILES string of the molecule is CCN(CC(=O)NC)S(=O)(=O)N1C[C@@H](C)O[C@H](C)C1. The molecule has 1 N–H and O–H groups in total. The quantitative estimate of drug-likeness (QED) is 0.735. The number of amides is 1. The molecule has 19 heavy (non-hydrogen) atoms. The van der Waals surface area contributed by atoms with E-state index in [0.29, 0.717) is 13.1 Å². The summed E-state index contributed by atoms with van der Waals surface area (Å²) in [6, 6.07) is 0. The van der Waals surface area contributed by atoms with Crippen LogP contribution in [-0.2, 0) is 19.7 Å². The number of morpholine rings is 1. The first kappa shape index (κ1) is 16.4. The number of rotatable bonds is 5. The summed E-state index contributed by atoms with van der Waals surface area (Å²) < 4.78 is 33.0. The molecule has 0 unspecified atom stereocenters. The molecule has 1 aliphatic rings. The van der Waals surface area contributed by atoms with Crippen molar-refractivity contribution in [1.29, 1.82) is 0 Å². The Kier molecular flexibility index (Phi) is 5.72. The average Bonchev–Trinajstić information content (AvgIpc) is 2.34. The Morgan fingerprint density at radius 2 is 1.89 bits per heavy atom. The van der Waals surface area contributed by atoms with Gasteiger partial charge in [0.2, 0.25) is 5.91 Å². The third-order valence-corrected chi connectivity index (χ3v) is 4.98. The summed E-state index contributed by atoms with van der Waals surface area (Å²) in [5.41, 5.74) is 0. The number of nitrogens with zero attached hydrogens (tertiary/aromatic N) is 2. The van der Waals surface area contributed by atoms with Gasteiger partial charge in [0, 0.05) is 26.7 Å². The van der Waals surface area contributed by atoms with Crippen molar-refractivity contribution in [2.75, 3.05) is 33.2 Å². The molecule has 0 aromatic heterocycles. The number of ether oxygens (including phenoxy) is 1. The standard InChI is InChI=1S/C11H23N3O4S/c1-5-13(8-11(15)12-4)19(16,17)14-6-9(2)18-10(3)7-14/h9-10H,5-8H2,1-4H3,(H,12,15)/t9-,10-/m1/s1. The van der Waals surface area contributed by atoms with E-state index in [2.05, 4.69) is 5.32 Å². The molecule has 0 bridgehead atoms. The monoisotopic (exact) mass is 293 g/mol. The molecule has 0 saturated carbocycles. The zero-order chi connectivity index (χ0) is 14.6. The molecule has 1 saturated heterocycles. The van der Waals surface area contributed by atoms with E-state index in [-0.39, 0.29) is 31.2 Å². The first-order valence-electron chi connectivity index (χ1n) is 6.42. The minimum absolute atomic E-state index is 0.141. The zero-order valence-electron chi connectivity index (χ0n) is 11.9. The van der Waals surface area contributed by atoms with Gasteiger partial charge < -0.3 is 10.1 Å². The molecule has 1 heterocycles. The highest BCUT2D eigenvalue weighted by Crippen LogP contribution is 2.17. The molecular weight excluding hydrogens is 270 g/mol. The molecule has 1 aliphatic heterocycles. The maximum atomic E-state index is 12.5. The van der Waals surface area contributed by atoms with Gasteiger partial charge in [0.1, 0.15) is 0 Å². The van der Waals surface area contributed by atoms with Gasteiger partial charge >= 0.3 is 0 Å². The number of likely N-dealkylation sites (N-methyl/N-ethyl adjacent to an activating group) is 2.